The summed E-state index contributed by atoms with van der Waals surface area (Å²) in [4.78, 5) is 10.3. The molecule has 0 aliphatic heterocycles. The second kappa shape index (κ2) is 5.89. The summed E-state index contributed by atoms with van der Waals surface area (Å²) in [7, 11) is 0. The van der Waals surface area contributed by atoms with Crippen LogP contribution in [0.25, 0.3) is 6.08 Å². The molecule has 0 spiro atoms. The zero-order valence-corrected chi connectivity index (χ0v) is 10.9. The largest absolute Gasteiger partial charge is 0.460 e. The Morgan fingerprint density at radius 3 is 1.52 bits per heavy atom. The fourth-order valence-corrected chi connectivity index (χ4v) is 1.38. The first-order chi connectivity index (χ1) is 10.3. The lowest BCUT2D eigenvalue weighted by atomic mass is 10.0. The molecule has 128 valence electrons. The molecule has 1 rings (SSSR count). The summed E-state index contributed by atoms with van der Waals surface area (Å²) in [6.07, 6.45) is -6.96. The third-order valence-electron chi connectivity index (χ3n) is 2.73. The number of aldehydes is 1. The van der Waals surface area contributed by atoms with Gasteiger partial charge in [-0.15, -0.1) is 0 Å². The number of hydrogen-bond acceptors (Lipinski definition) is 1. The Balaban J connectivity index is 3.13. The van der Waals surface area contributed by atoms with Crippen LogP contribution in [0.1, 0.15) is 15.9 Å². The maximum absolute atomic E-state index is 13.2. The van der Waals surface area contributed by atoms with E-state index >= 15 is 0 Å². The molecule has 0 N–H and O–H groups in total. The maximum atomic E-state index is 13.2. The summed E-state index contributed by atoms with van der Waals surface area (Å²) in [6, 6.07) is 4.23. The van der Waals surface area contributed by atoms with Gasteiger partial charge in [0, 0.05) is 5.56 Å². The standard InChI is InChI=1S/C13H7F9O/c14-10(15,11(16,17)12(18,19)13(20,21)22)6-5-8-1-3-9(7-23)4-2-8/h1-7H/b6-5+. The van der Waals surface area contributed by atoms with Crippen LogP contribution >= 0.6 is 0 Å². The fraction of sp³-hybridized carbons (Fsp3) is 0.308. The predicted octanol–water partition coefficient (Wildman–Crippen LogP) is 4.98. The predicted molar refractivity (Wildman–Crippen MR) is 61.8 cm³/mol. The summed E-state index contributed by atoms with van der Waals surface area (Å²) in [5.41, 5.74) is -0.0933. The van der Waals surface area contributed by atoms with Crippen LogP contribution in [0.2, 0.25) is 0 Å². The van der Waals surface area contributed by atoms with Crippen molar-refractivity contribution in [2.45, 2.75) is 23.9 Å². The maximum Gasteiger partial charge on any atom is 0.460 e. The highest BCUT2D eigenvalue weighted by molar-refractivity contribution is 5.75. The van der Waals surface area contributed by atoms with E-state index in [1.165, 1.54) is 0 Å². The van der Waals surface area contributed by atoms with Gasteiger partial charge in [-0.1, -0.05) is 30.3 Å². The average molecular weight is 350 g/mol. The molecular weight excluding hydrogens is 343 g/mol. The van der Waals surface area contributed by atoms with Crippen LogP contribution in [0.15, 0.2) is 30.3 Å². The summed E-state index contributed by atoms with van der Waals surface area (Å²) in [5, 5.41) is 0. The van der Waals surface area contributed by atoms with Crippen molar-refractivity contribution in [2.24, 2.45) is 0 Å². The van der Waals surface area contributed by atoms with Gasteiger partial charge < -0.3 is 0 Å². The minimum atomic E-state index is -6.92. The van der Waals surface area contributed by atoms with Crippen molar-refractivity contribution in [1.82, 2.24) is 0 Å². The molecule has 0 aliphatic rings. The highest BCUT2D eigenvalue weighted by Gasteiger charge is 2.81. The van der Waals surface area contributed by atoms with E-state index in [0.717, 1.165) is 24.3 Å². The molecule has 0 amide bonds. The first-order valence-corrected chi connectivity index (χ1v) is 5.71. The van der Waals surface area contributed by atoms with E-state index in [4.69, 9.17) is 0 Å². The van der Waals surface area contributed by atoms with Crippen LogP contribution in [0.4, 0.5) is 39.5 Å². The quantitative estimate of drug-likeness (QED) is 0.541. The van der Waals surface area contributed by atoms with Gasteiger partial charge in [0.15, 0.2) is 0 Å². The van der Waals surface area contributed by atoms with Crippen LogP contribution in [-0.4, -0.2) is 30.2 Å². The number of halogens is 9. The Morgan fingerprint density at radius 2 is 1.13 bits per heavy atom. The molecule has 0 aliphatic carbocycles. The van der Waals surface area contributed by atoms with Crippen molar-refractivity contribution in [3.05, 3.63) is 41.5 Å². The van der Waals surface area contributed by atoms with E-state index in [9.17, 15) is 44.3 Å². The van der Waals surface area contributed by atoms with Crippen molar-refractivity contribution in [3.8, 4) is 0 Å². The third-order valence-corrected chi connectivity index (χ3v) is 2.73. The lowest BCUT2D eigenvalue weighted by Gasteiger charge is -2.32. The van der Waals surface area contributed by atoms with Gasteiger partial charge in [0.1, 0.15) is 6.29 Å². The van der Waals surface area contributed by atoms with Crippen LogP contribution < -0.4 is 0 Å². The molecule has 10 heteroatoms. The number of carbonyl (C=O) groups is 1. The molecule has 1 aromatic rings. The Hall–Kier alpha value is -2.00. The van der Waals surface area contributed by atoms with Crippen LogP contribution in [0.3, 0.4) is 0 Å². The normalized spacial score (nSPS) is 14.3. The van der Waals surface area contributed by atoms with Crippen molar-refractivity contribution in [3.63, 3.8) is 0 Å². The lowest BCUT2D eigenvalue weighted by molar-refractivity contribution is -0.388. The Morgan fingerprint density at radius 1 is 0.696 bits per heavy atom. The molecule has 0 bridgehead atoms. The van der Waals surface area contributed by atoms with Crippen LogP contribution in [-0.2, 0) is 0 Å². The molecule has 1 aromatic carbocycles. The first kappa shape index (κ1) is 19.0. The van der Waals surface area contributed by atoms with Gasteiger partial charge in [0.05, 0.1) is 0 Å². The highest BCUT2D eigenvalue weighted by Crippen LogP contribution is 2.53. The molecule has 1 nitrogen and oxygen atoms in total. The van der Waals surface area contributed by atoms with Crippen LogP contribution in [0, 0.1) is 0 Å². The molecule has 0 atom stereocenters. The van der Waals surface area contributed by atoms with Crippen molar-refractivity contribution < 1.29 is 44.3 Å². The molecule has 23 heavy (non-hydrogen) atoms. The lowest BCUT2D eigenvalue weighted by Crippen LogP contribution is -2.60. The number of allylic oxidation sites excluding steroid dienone is 1. The number of alkyl halides is 9. The van der Waals surface area contributed by atoms with Crippen molar-refractivity contribution in [1.29, 1.82) is 0 Å². The zero-order chi connectivity index (χ0) is 18.1. The van der Waals surface area contributed by atoms with Gasteiger partial charge in [0.2, 0.25) is 0 Å². The molecule has 0 saturated carbocycles. The SMILES string of the molecule is O=Cc1ccc(/C=C/C(F)(F)C(F)(F)C(F)(F)C(F)(F)F)cc1. The Bertz CT molecular complexity index is 584. The Kier molecular flexibility index (Phi) is 4.88. The molecule has 0 unspecified atom stereocenters. The topological polar surface area (TPSA) is 17.1 Å². The number of benzene rings is 1. The molecule has 0 heterocycles. The molecule has 0 fully saturated rings. The molecule has 0 saturated heterocycles. The molecular formula is C13H7F9O. The van der Waals surface area contributed by atoms with E-state index < -0.39 is 30.0 Å². The Labute approximate surface area is 123 Å². The van der Waals surface area contributed by atoms with Crippen molar-refractivity contribution >= 4 is 12.4 Å². The van der Waals surface area contributed by atoms with E-state index in [0.29, 0.717) is 6.29 Å². The number of rotatable bonds is 5. The number of carbonyl (C=O) groups excluding carboxylic acids is 1. The zero-order valence-electron chi connectivity index (χ0n) is 10.9. The fourth-order valence-electron chi connectivity index (χ4n) is 1.38. The first-order valence-electron chi connectivity index (χ1n) is 5.71. The monoisotopic (exact) mass is 350 g/mol. The smallest absolute Gasteiger partial charge is 0.298 e. The summed E-state index contributed by atoms with van der Waals surface area (Å²) >= 11 is 0. The molecule has 0 radical (unpaired) electrons. The van der Waals surface area contributed by atoms with Crippen molar-refractivity contribution in [2.75, 3.05) is 0 Å². The van der Waals surface area contributed by atoms with Gasteiger partial charge in [-0.3, -0.25) is 4.79 Å². The number of hydrogen-bond donors (Lipinski definition) is 0. The van der Waals surface area contributed by atoms with Gasteiger partial charge in [-0.05, 0) is 11.6 Å². The van der Waals surface area contributed by atoms with E-state index in [1.807, 2.05) is 0 Å². The second-order valence-corrected chi connectivity index (χ2v) is 4.39. The third kappa shape index (κ3) is 3.50. The summed E-state index contributed by atoms with van der Waals surface area (Å²) in [5.74, 6) is -19.4. The van der Waals surface area contributed by atoms with E-state index in [1.54, 1.807) is 0 Å². The average Bonchev–Trinajstić information content (AvgIpc) is 2.44. The molecule has 0 aromatic heterocycles. The summed E-state index contributed by atoms with van der Waals surface area (Å²) < 4.78 is 113. The van der Waals surface area contributed by atoms with Crippen LogP contribution in [0.5, 0.6) is 0 Å². The van der Waals surface area contributed by atoms with E-state index in [-0.39, 0.29) is 17.2 Å². The summed E-state index contributed by atoms with van der Waals surface area (Å²) in [6.45, 7) is 0. The van der Waals surface area contributed by atoms with Gasteiger partial charge >= 0.3 is 23.9 Å². The van der Waals surface area contributed by atoms with Gasteiger partial charge in [-0.25, -0.2) is 0 Å². The second-order valence-electron chi connectivity index (χ2n) is 4.39. The van der Waals surface area contributed by atoms with Gasteiger partial charge in [-0.2, -0.15) is 39.5 Å². The van der Waals surface area contributed by atoms with Gasteiger partial charge in [0.25, 0.3) is 0 Å². The van der Waals surface area contributed by atoms with E-state index in [2.05, 4.69) is 0 Å². The minimum Gasteiger partial charge on any atom is -0.298 e. The highest BCUT2D eigenvalue weighted by atomic mass is 19.4. The minimum absolute atomic E-state index is 0.114.